The molecule has 1 aliphatic rings. The van der Waals surface area contributed by atoms with Crippen molar-refractivity contribution in [3.05, 3.63) is 11.6 Å². The summed E-state index contributed by atoms with van der Waals surface area (Å²) in [5.41, 5.74) is -0.126. The van der Waals surface area contributed by atoms with Crippen LogP contribution < -0.4 is 0 Å². The molecule has 3 heteroatoms. The van der Waals surface area contributed by atoms with E-state index in [4.69, 9.17) is 5.11 Å². The molecule has 0 spiro atoms. The number of carbonyl (C=O) groups excluding carboxylic acids is 1. The number of carboxylic acid groups (broad SMARTS) is 1. The third-order valence-electron chi connectivity index (χ3n) is 2.26. The summed E-state index contributed by atoms with van der Waals surface area (Å²) in [5.74, 6) is -1.06. The van der Waals surface area contributed by atoms with Gasteiger partial charge in [-0.3, -0.25) is 4.79 Å². The van der Waals surface area contributed by atoms with Gasteiger partial charge < -0.3 is 5.11 Å². The van der Waals surface area contributed by atoms with Gasteiger partial charge >= 0.3 is 5.97 Å². The van der Waals surface area contributed by atoms with Gasteiger partial charge in [0.05, 0.1) is 0 Å². The molecular formula is C9H12O3. The first kappa shape index (κ1) is 8.97. The number of rotatable bonds is 1. The van der Waals surface area contributed by atoms with Crippen LogP contribution in [-0.2, 0) is 9.59 Å². The van der Waals surface area contributed by atoms with Crippen LogP contribution in [0.5, 0.6) is 0 Å². The molecule has 12 heavy (non-hydrogen) atoms. The minimum Gasteiger partial charge on any atom is -0.478 e. The van der Waals surface area contributed by atoms with Crippen molar-refractivity contribution in [2.24, 2.45) is 5.41 Å². The first-order valence-corrected chi connectivity index (χ1v) is 3.92. The largest absolute Gasteiger partial charge is 0.478 e. The number of carbonyl (C=O) groups is 2. The van der Waals surface area contributed by atoms with E-state index >= 15 is 0 Å². The Hall–Kier alpha value is -1.12. The van der Waals surface area contributed by atoms with E-state index in [-0.39, 0.29) is 16.8 Å². The SMILES string of the molecule is CC1(C)CCC(=O)C=C1C(=O)O. The van der Waals surface area contributed by atoms with E-state index in [1.807, 2.05) is 13.8 Å². The van der Waals surface area contributed by atoms with Crippen LogP contribution in [0.3, 0.4) is 0 Å². The molecule has 0 heterocycles. The number of carboxylic acids is 1. The van der Waals surface area contributed by atoms with Crippen LogP contribution in [0.25, 0.3) is 0 Å². The molecule has 0 saturated carbocycles. The molecule has 0 amide bonds. The molecule has 1 rings (SSSR count). The van der Waals surface area contributed by atoms with E-state index in [1.54, 1.807) is 0 Å². The first-order chi connectivity index (χ1) is 5.43. The van der Waals surface area contributed by atoms with Gasteiger partial charge in [0, 0.05) is 12.0 Å². The molecule has 1 aliphatic carbocycles. The molecule has 0 aromatic heterocycles. The van der Waals surface area contributed by atoms with Gasteiger partial charge in [-0.2, -0.15) is 0 Å². The predicted octanol–water partition coefficient (Wildman–Crippen LogP) is 1.39. The van der Waals surface area contributed by atoms with Gasteiger partial charge in [0.15, 0.2) is 5.78 Å². The van der Waals surface area contributed by atoms with Crippen molar-refractivity contribution in [2.75, 3.05) is 0 Å². The first-order valence-electron chi connectivity index (χ1n) is 3.92. The zero-order chi connectivity index (χ0) is 9.35. The minimum absolute atomic E-state index is 0.0771. The average molecular weight is 168 g/mol. The molecule has 0 aliphatic heterocycles. The lowest BCUT2D eigenvalue weighted by molar-refractivity contribution is -0.134. The molecule has 0 unspecified atom stereocenters. The van der Waals surface area contributed by atoms with Crippen molar-refractivity contribution in [3.63, 3.8) is 0 Å². The Labute approximate surface area is 71.1 Å². The second-order valence-electron chi connectivity index (χ2n) is 3.71. The summed E-state index contributed by atoms with van der Waals surface area (Å²) in [6.45, 7) is 3.69. The Kier molecular flexibility index (Phi) is 2.04. The third-order valence-corrected chi connectivity index (χ3v) is 2.26. The highest BCUT2D eigenvalue weighted by Gasteiger charge is 2.32. The second-order valence-corrected chi connectivity index (χ2v) is 3.71. The number of hydrogen-bond donors (Lipinski definition) is 1. The zero-order valence-electron chi connectivity index (χ0n) is 7.26. The van der Waals surface area contributed by atoms with E-state index in [0.717, 1.165) is 0 Å². The number of ketones is 1. The minimum atomic E-state index is -0.979. The molecule has 0 fully saturated rings. The maximum atomic E-state index is 10.9. The summed E-state index contributed by atoms with van der Waals surface area (Å²) in [7, 11) is 0. The van der Waals surface area contributed by atoms with Crippen molar-refractivity contribution in [1.29, 1.82) is 0 Å². The Bertz CT molecular complexity index is 261. The van der Waals surface area contributed by atoms with Crippen LogP contribution in [0.4, 0.5) is 0 Å². The van der Waals surface area contributed by atoms with E-state index < -0.39 is 5.97 Å². The summed E-state index contributed by atoms with van der Waals surface area (Å²) in [6, 6.07) is 0. The Balaban J connectivity index is 3.04. The topological polar surface area (TPSA) is 54.4 Å². The fraction of sp³-hybridized carbons (Fsp3) is 0.556. The molecule has 0 radical (unpaired) electrons. The summed E-state index contributed by atoms with van der Waals surface area (Å²) in [5, 5.41) is 8.77. The summed E-state index contributed by atoms with van der Waals surface area (Å²) < 4.78 is 0. The predicted molar refractivity (Wildman–Crippen MR) is 43.7 cm³/mol. The van der Waals surface area contributed by atoms with Crippen LogP contribution in [-0.4, -0.2) is 16.9 Å². The highest BCUT2D eigenvalue weighted by atomic mass is 16.4. The van der Waals surface area contributed by atoms with E-state index in [1.165, 1.54) is 6.08 Å². The Morgan fingerprint density at radius 3 is 2.58 bits per heavy atom. The van der Waals surface area contributed by atoms with Crippen LogP contribution in [0.1, 0.15) is 26.7 Å². The van der Waals surface area contributed by atoms with Crippen molar-refractivity contribution >= 4 is 11.8 Å². The number of allylic oxidation sites excluding steroid dienone is 1. The Morgan fingerprint density at radius 1 is 1.58 bits per heavy atom. The lowest BCUT2D eigenvalue weighted by atomic mass is 9.75. The molecule has 0 bridgehead atoms. The van der Waals surface area contributed by atoms with Crippen LogP contribution in [0.2, 0.25) is 0 Å². The van der Waals surface area contributed by atoms with Crippen molar-refractivity contribution < 1.29 is 14.7 Å². The lowest BCUT2D eigenvalue weighted by Gasteiger charge is -2.28. The van der Waals surface area contributed by atoms with Gasteiger partial charge in [-0.1, -0.05) is 13.8 Å². The van der Waals surface area contributed by atoms with Gasteiger partial charge in [0.1, 0.15) is 0 Å². The van der Waals surface area contributed by atoms with Gasteiger partial charge in [-0.05, 0) is 17.9 Å². The van der Waals surface area contributed by atoms with Gasteiger partial charge in [0.25, 0.3) is 0 Å². The summed E-state index contributed by atoms with van der Waals surface area (Å²) >= 11 is 0. The maximum Gasteiger partial charge on any atom is 0.332 e. The van der Waals surface area contributed by atoms with Crippen molar-refractivity contribution in [1.82, 2.24) is 0 Å². The second kappa shape index (κ2) is 2.73. The monoisotopic (exact) mass is 168 g/mol. The highest BCUT2D eigenvalue weighted by Crippen LogP contribution is 2.35. The number of hydrogen-bond acceptors (Lipinski definition) is 2. The molecule has 0 atom stereocenters. The molecule has 3 nitrogen and oxygen atoms in total. The van der Waals surface area contributed by atoms with E-state index in [2.05, 4.69) is 0 Å². The highest BCUT2D eigenvalue weighted by molar-refractivity contribution is 6.00. The van der Waals surface area contributed by atoms with Crippen molar-refractivity contribution in [2.45, 2.75) is 26.7 Å². The molecular weight excluding hydrogens is 156 g/mol. The molecule has 1 N–H and O–H groups in total. The average Bonchev–Trinajstić information content (AvgIpc) is 1.94. The van der Waals surface area contributed by atoms with Crippen LogP contribution in [0, 0.1) is 5.41 Å². The Morgan fingerprint density at radius 2 is 2.17 bits per heavy atom. The maximum absolute atomic E-state index is 10.9. The lowest BCUT2D eigenvalue weighted by Crippen LogP contribution is -2.26. The van der Waals surface area contributed by atoms with E-state index in [0.29, 0.717) is 12.8 Å². The normalized spacial score (nSPS) is 21.8. The molecule has 0 aromatic carbocycles. The van der Waals surface area contributed by atoms with Gasteiger partial charge in [-0.25, -0.2) is 4.79 Å². The summed E-state index contributed by atoms with van der Waals surface area (Å²) in [6.07, 6.45) is 2.35. The molecule has 0 aromatic rings. The van der Waals surface area contributed by atoms with Gasteiger partial charge in [0.2, 0.25) is 0 Å². The third kappa shape index (κ3) is 1.55. The van der Waals surface area contributed by atoms with E-state index in [9.17, 15) is 9.59 Å². The fourth-order valence-corrected chi connectivity index (χ4v) is 1.35. The smallest absolute Gasteiger partial charge is 0.332 e. The summed E-state index contributed by atoms with van der Waals surface area (Å²) in [4.78, 5) is 21.6. The quantitative estimate of drug-likeness (QED) is 0.643. The molecule has 66 valence electrons. The van der Waals surface area contributed by atoms with Gasteiger partial charge in [-0.15, -0.1) is 0 Å². The van der Waals surface area contributed by atoms with Crippen LogP contribution >= 0.6 is 0 Å². The standard InChI is InChI=1S/C9H12O3/c1-9(2)4-3-6(10)5-7(9)8(11)12/h5H,3-4H2,1-2H3,(H,11,12). The fourth-order valence-electron chi connectivity index (χ4n) is 1.35. The van der Waals surface area contributed by atoms with Crippen LogP contribution in [0.15, 0.2) is 11.6 Å². The zero-order valence-corrected chi connectivity index (χ0v) is 7.26. The van der Waals surface area contributed by atoms with Crippen molar-refractivity contribution in [3.8, 4) is 0 Å². The number of aliphatic carboxylic acids is 1. The molecule has 0 saturated heterocycles.